The van der Waals surface area contributed by atoms with E-state index in [9.17, 15) is 21.8 Å². The molecule has 4 rings (SSSR count). The molecule has 0 radical (unpaired) electrons. The summed E-state index contributed by atoms with van der Waals surface area (Å²) < 4.78 is 68.2. The molecule has 4 nitrogen and oxygen atoms in total. The smallest absolute Gasteiger partial charge is 0.422 e. The molecule has 0 saturated carbocycles. The summed E-state index contributed by atoms with van der Waals surface area (Å²) in [5, 5.41) is 0. The number of aromatic nitrogens is 1. The van der Waals surface area contributed by atoms with Crippen LogP contribution in [0.4, 0.5) is 23.2 Å². The lowest BCUT2D eigenvalue weighted by Crippen LogP contribution is -2.19. The second kappa shape index (κ2) is 8.30. The summed E-state index contributed by atoms with van der Waals surface area (Å²) >= 11 is 0. The van der Waals surface area contributed by atoms with E-state index < -0.39 is 29.4 Å². The van der Waals surface area contributed by atoms with Gasteiger partial charge in [-0.3, -0.25) is 9.19 Å². The van der Waals surface area contributed by atoms with Crippen LogP contribution in [-0.4, -0.2) is 28.2 Å². The van der Waals surface area contributed by atoms with Gasteiger partial charge in [-0.15, -0.1) is 0 Å². The van der Waals surface area contributed by atoms with Crippen molar-refractivity contribution in [1.82, 2.24) is 4.98 Å². The molecule has 2 aromatic carbocycles. The summed E-state index contributed by atoms with van der Waals surface area (Å²) in [7, 11) is -1.07. The van der Waals surface area contributed by atoms with Gasteiger partial charge in [0.05, 0.1) is 5.69 Å². The van der Waals surface area contributed by atoms with Gasteiger partial charge in [0.25, 0.3) is 0 Å². The number of hydrogen-bond acceptors (Lipinski definition) is 4. The van der Waals surface area contributed by atoms with E-state index in [0.29, 0.717) is 24.3 Å². The highest BCUT2D eigenvalue weighted by atomic mass is 32.2. The van der Waals surface area contributed by atoms with Crippen molar-refractivity contribution in [3.05, 3.63) is 71.7 Å². The molecule has 1 aliphatic heterocycles. The van der Waals surface area contributed by atoms with Crippen molar-refractivity contribution >= 4 is 16.5 Å². The molecule has 1 aromatic heterocycles. The van der Waals surface area contributed by atoms with Crippen LogP contribution in [0.15, 0.2) is 59.6 Å². The van der Waals surface area contributed by atoms with Gasteiger partial charge in [-0.25, -0.2) is 4.39 Å². The fraction of sp³-hybridized carbons (Fsp3) is 0.227. The Hall–Kier alpha value is -2.94. The minimum Gasteiger partial charge on any atom is -0.483 e. The summed E-state index contributed by atoms with van der Waals surface area (Å²) in [5.41, 5.74) is 3.50. The number of nitrogens with zero attached hydrogens (tertiary/aromatic N) is 2. The first-order chi connectivity index (χ1) is 14.7. The summed E-state index contributed by atoms with van der Waals surface area (Å²) in [6.07, 6.45) is -1.35. The van der Waals surface area contributed by atoms with Crippen molar-refractivity contribution in [2.24, 2.45) is 0 Å². The van der Waals surface area contributed by atoms with Gasteiger partial charge in [-0.05, 0) is 48.0 Å². The molecule has 0 amide bonds. The monoisotopic (exact) mass is 450 g/mol. The van der Waals surface area contributed by atoms with Crippen molar-refractivity contribution in [2.75, 3.05) is 17.8 Å². The van der Waals surface area contributed by atoms with Gasteiger partial charge in [0, 0.05) is 64.1 Å². The molecular weight excluding hydrogens is 432 g/mol. The van der Waals surface area contributed by atoms with Crippen LogP contribution in [0.1, 0.15) is 11.1 Å². The third-order valence-electron chi connectivity index (χ3n) is 4.99. The van der Waals surface area contributed by atoms with Crippen molar-refractivity contribution in [3.8, 4) is 17.0 Å². The number of hydrogen-bond donors (Lipinski definition) is 0. The third kappa shape index (κ3) is 4.71. The van der Waals surface area contributed by atoms with Gasteiger partial charge in [0.2, 0.25) is 0 Å². The van der Waals surface area contributed by atoms with E-state index in [2.05, 4.69) is 9.88 Å². The van der Waals surface area contributed by atoms with Gasteiger partial charge in [0.15, 0.2) is 6.61 Å². The number of ether oxygens (including phenoxy) is 1. The van der Waals surface area contributed by atoms with Crippen LogP contribution >= 0.6 is 0 Å². The molecule has 0 aliphatic carbocycles. The fourth-order valence-corrected chi connectivity index (χ4v) is 4.06. The average molecular weight is 450 g/mol. The maximum Gasteiger partial charge on any atom is 0.422 e. The minimum absolute atomic E-state index is 0.202. The lowest BCUT2D eigenvalue weighted by Gasteiger charge is -2.18. The highest BCUT2D eigenvalue weighted by Gasteiger charge is 2.30. The number of pyridine rings is 1. The van der Waals surface area contributed by atoms with E-state index >= 15 is 0 Å². The maximum atomic E-state index is 13.7. The first-order valence-corrected chi connectivity index (χ1v) is 10.9. The zero-order valence-electron chi connectivity index (χ0n) is 16.4. The molecule has 9 heteroatoms. The minimum atomic E-state index is -4.54. The molecule has 1 atom stereocenters. The molecule has 1 unspecified atom stereocenters. The maximum absolute atomic E-state index is 13.7. The molecule has 0 spiro atoms. The van der Waals surface area contributed by atoms with Gasteiger partial charge >= 0.3 is 6.18 Å². The molecular formula is C22H18F4N2O2S. The predicted octanol–water partition coefficient (Wildman–Crippen LogP) is 5.09. The summed E-state index contributed by atoms with van der Waals surface area (Å²) in [5.74, 6) is -0.894. The molecule has 0 fully saturated rings. The Morgan fingerprint density at radius 3 is 2.52 bits per heavy atom. The highest BCUT2D eigenvalue weighted by molar-refractivity contribution is 7.84. The van der Waals surface area contributed by atoms with Crippen LogP contribution in [0.5, 0.6) is 5.75 Å². The lowest BCUT2D eigenvalue weighted by molar-refractivity contribution is -0.153. The number of rotatable bonds is 5. The van der Waals surface area contributed by atoms with E-state index in [1.54, 1.807) is 24.6 Å². The zero-order chi connectivity index (χ0) is 22.2. The van der Waals surface area contributed by atoms with E-state index in [4.69, 9.17) is 4.74 Å². The van der Waals surface area contributed by atoms with Gasteiger partial charge in [-0.1, -0.05) is 0 Å². The number of benzene rings is 2. The van der Waals surface area contributed by atoms with Crippen molar-refractivity contribution < 1.29 is 26.5 Å². The first kappa shape index (κ1) is 21.3. The van der Waals surface area contributed by atoms with Crippen LogP contribution in [0.25, 0.3) is 11.3 Å². The Balaban J connectivity index is 1.66. The first-order valence-electron chi connectivity index (χ1n) is 9.36. The van der Waals surface area contributed by atoms with Crippen LogP contribution in [-0.2, 0) is 23.9 Å². The summed E-state index contributed by atoms with van der Waals surface area (Å²) in [6.45, 7) is -0.460. The second-order valence-electron chi connectivity index (χ2n) is 7.15. The van der Waals surface area contributed by atoms with Crippen molar-refractivity contribution in [1.29, 1.82) is 0 Å². The molecule has 2 heterocycles. The molecule has 3 aromatic rings. The highest BCUT2D eigenvalue weighted by Crippen LogP contribution is 2.38. The number of fused-ring (bicyclic) bond motifs is 1. The zero-order valence-corrected chi connectivity index (χ0v) is 17.3. The normalized spacial score (nSPS) is 14.4. The standard InChI is InChI=1S/C22H18F4N2O2S/c1-31(29)17-5-3-16(4-6-17)28-11-14-8-9-27-21(19(14)12-28)18-7-2-15(23)10-20(18)30-13-22(24,25)26/h2-10H,11-13H2,1H3. The van der Waals surface area contributed by atoms with Gasteiger partial charge < -0.3 is 9.64 Å². The van der Waals surface area contributed by atoms with Crippen LogP contribution in [0.3, 0.4) is 0 Å². The van der Waals surface area contributed by atoms with E-state index in [1.165, 1.54) is 12.1 Å². The van der Waals surface area contributed by atoms with Crippen molar-refractivity contribution in [2.45, 2.75) is 24.2 Å². The topological polar surface area (TPSA) is 42.4 Å². The van der Waals surface area contributed by atoms with Crippen molar-refractivity contribution in [3.63, 3.8) is 0 Å². The molecule has 0 N–H and O–H groups in total. The van der Waals surface area contributed by atoms with Crippen LogP contribution in [0.2, 0.25) is 0 Å². The number of alkyl halides is 3. The quantitative estimate of drug-likeness (QED) is 0.508. The SMILES string of the molecule is CS(=O)c1ccc(N2Cc3ccnc(-c4ccc(F)cc4OCC(F)(F)F)c3C2)cc1. The Morgan fingerprint density at radius 2 is 1.84 bits per heavy atom. The molecule has 1 aliphatic rings. The molecule has 0 bridgehead atoms. The largest absolute Gasteiger partial charge is 0.483 e. The lowest BCUT2D eigenvalue weighted by atomic mass is 10.0. The van der Waals surface area contributed by atoms with E-state index in [-0.39, 0.29) is 5.75 Å². The Kier molecular flexibility index (Phi) is 5.70. The summed E-state index contributed by atoms with van der Waals surface area (Å²) in [6, 6.07) is 12.7. The van der Waals surface area contributed by atoms with Crippen LogP contribution < -0.4 is 9.64 Å². The van der Waals surface area contributed by atoms with Gasteiger partial charge in [0.1, 0.15) is 11.6 Å². The van der Waals surface area contributed by atoms with Crippen LogP contribution in [0, 0.1) is 5.82 Å². The summed E-state index contributed by atoms with van der Waals surface area (Å²) in [4.78, 5) is 7.17. The molecule has 162 valence electrons. The number of anilines is 1. The average Bonchev–Trinajstić information content (AvgIpc) is 3.16. The third-order valence-corrected chi connectivity index (χ3v) is 5.92. The number of halogens is 4. The second-order valence-corrected chi connectivity index (χ2v) is 8.53. The van der Waals surface area contributed by atoms with Gasteiger partial charge in [-0.2, -0.15) is 13.2 Å². The fourth-order valence-electron chi connectivity index (χ4n) is 3.54. The molecule has 31 heavy (non-hydrogen) atoms. The Bertz CT molecular complexity index is 1130. The Labute approximate surface area is 178 Å². The van der Waals surface area contributed by atoms with E-state index in [0.717, 1.165) is 27.8 Å². The predicted molar refractivity (Wildman–Crippen MR) is 110 cm³/mol. The molecule has 0 saturated heterocycles. The Morgan fingerprint density at radius 1 is 1.10 bits per heavy atom. The van der Waals surface area contributed by atoms with E-state index in [1.807, 2.05) is 18.2 Å².